The number of esters is 1. The van der Waals surface area contributed by atoms with Crippen molar-refractivity contribution in [2.24, 2.45) is 5.73 Å². The van der Waals surface area contributed by atoms with E-state index in [1.165, 1.54) is 35.6 Å². The summed E-state index contributed by atoms with van der Waals surface area (Å²) in [5.41, 5.74) is 13.0. The standard InChI is InChI=1S/C27H19FN6O3S2/c1-2-36-27(35)23-19(37-25(33)17(11-30)22(23)20-4-3-9-38-20)13-39-26-18(12-31)21(16(10-29)24(32)34-26)14-5-7-15(28)8-6-14/h3-9,22H,2,13,33H2,1H3,(H2,32,34). The fraction of sp³-hybridized carbons (Fsp3) is 0.148. The zero-order valence-electron chi connectivity index (χ0n) is 20.4. The van der Waals surface area contributed by atoms with Gasteiger partial charge in [-0.15, -0.1) is 11.3 Å². The lowest BCUT2D eigenvalue weighted by molar-refractivity contribution is -0.139. The van der Waals surface area contributed by atoms with E-state index in [1.54, 1.807) is 19.1 Å². The number of nitrogens with two attached hydrogens (primary N) is 2. The molecule has 39 heavy (non-hydrogen) atoms. The number of nitrogens with zero attached hydrogens (tertiary/aromatic N) is 4. The van der Waals surface area contributed by atoms with Crippen molar-refractivity contribution in [2.45, 2.75) is 17.9 Å². The Labute approximate surface area is 231 Å². The van der Waals surface area contributed by atoms with Crippen LogP contribution in [0.2, 0.25) is 0 Å². The number of thiophene rings is 1. The maximum Gasteiger partial charge on any atom is 0.338 e. The molecule has 3 heterocycles. The molecule has 2 aromatic heterocycles. The number of nitrogen functional groups attached to an aromatic ring is 1. The van der Waals surface area contributed by atoms with Gasteiger partial charge in [-0.3, -0.25) is 0 Å². The van der Waals surface area contributed by atoms with Gasteiger partial charge in [0.15, 0.2) is 0 Å². The van der Waals surface area contributed by atoms with Crippen molar-refractivity contribution in [3.63, 3.8) is 0 Å². The van der Waals surface area contributed by atoms with Crippen LogP contribution in [0.15, 0.2) is 69.6 Å². The molecule has 1 aliphatic heterocycles. The molecule has 12 heteroatoms. The van der Waals surface area contributed by atoms with Gasteiger partial charge in [-0.05, 0) is 36.1 Å². The van der Waals surface area contributed by atoms with Gasteiger partial charge in [0.25, 0.3) is 0 Å². The zero-order valence-corrected chi connectivity index (χ0v) is 22.0. The average molecular weight is 559 g/mol. The number of hydrogen-bond donors (Lipinski definition) is 2. The van der Waals surface area contributed by atoms with E-state index in [1.807, 2.05) is 17.5 Å². The first-order valence-electron chi connectivity index (χ1n) is 11.4. The second-order valence-electron chi connectivity index (χ2n) is 7.94. The van der Waals surface area contributed by atoms with Gasteiger partial charge in [0.05, 0.1) is 29.4 Å². The third-order valence-corrected chi connectivity index (χ3v) is 7.62. The number of halogens is 1. The molecule has 1 unspecified atom stereocenters. The van der Waals surface area contributed by atoms with Crippen molar-refractivity contribution < 1.29 is 18.7 Å². The maximum atomic E-state index is 13.6. The number of allylic oxidation sites excluding steroid dienone is 1. The molecule has 194 valence electrons. The molecule has 0 bridgehead atoms. The summed E-state index contributed by atoms with van der Waals surface area (Å²) >= 11 is 2.37. The van der Waals surface area contributed by atoms with E-state index in [-0.39, 0.29) is 62.7 Å². The number of carbonyl (C=O) groups is 1. The minimum Gasteiger partial charge on any atom is -0.463 e. The van der Waals surface area contributed by atoms with Crippen molar-refractivity contribution in [3.8, 4) is 29.3 Å². The predicted octanol–water partition coefficient (Wildman–Crippen LogP) is 4.69. The molecule has 9 nitrogen and oxygen atoms in total. The fourth-order valence-electron chi connectivity index (χ4n) is 4.04. The Morgan fingerprint density at radius 2 is 1.87 bits per heavy atom. The van der Waals surface area contributed by atoms with Crippen LogP contribution in [0.25, 0.3) is 11.1 Å². The molecule has 0 amide bonds. The molecule has 0 spiro atoms. The number of hydrogen-bond acceptors (Lipinski definition) is 11. The average Bonchev–Trinajstić information content (AvgIpc) is 3.46. The Morgan fingerprint density at radius 3 is 2.46 bits per heavy atom. The largest absolute Gasteiger partial charge is 0.463 e. The van der Waals surface area contributed by atoms with Crippen LogP contribution in [-0.4, -0.2) is 23.3 Å². The topological polar surface area (TPSA) is 172 Å². The Bertz CT molecular complexity index is 1630. The number of aromatic nitrogens is 1. The number of nitriles is 3. The van der Waals surface area contributed by atoms with Crippen LogP contribution in [0.4, 0.5) is 10.2 Å². The van der Waals surface area contributed by atoms with E-state index >= 15 is 0 Å². The Hall–Kier alpha value is -4.83. The SMILES string of the molecule is CCOC(=O)C1=C(CSc2nc(N)c(C#N)c(-c3ccc(F)cc3)c2C#N)OC(N)=C(C#N)C1c1cccs1. The molecule has 4 rings (SSSR count). The van der Waals surface area contributed by atoms with E-state index in [0.29, 0.717) is 10.4 Å². The Morgan fingerprint density at radius 1 is 1.15 bits per heavy atom. The highest BCUT2D eigenvalue weighted by molar-refractivity contribution is 7.99. The summed E-state index contributed by atoms with van der Waals surface area (Å²) < 4.78 is 24.6. The van der Waals surface area contributed by atoms with Crippen molar-refractivity contribution >= 4 is 34.9 Å². The van der Waals surface area contributed by atoms with Crippen LogP contribution in [0, 0.1) is 39.8 Å². The highest BCUT2D eigenvalue weighted by Crippen LogP contribution is 2.43. The second-order valence-corrected chi connectivity index (χ2v) is 9.89. The summed E-state index contributed by atoms with van der Waals surface area (Å²) in [6.45, 7) is 1.75. The molecule has 1 atom stereocenters. The molecule has 4 N–H and O–H groups in total. The molecule has 1 aliphatic rings. The van der Waals surface area contributed by atoms with Crippen LogP contribution in [0.1, 0.15) is 28.8 Å². The lowest BCUT2D eigenvalue weighted by Gasteiger charge is -2.27. The molecule has 0 saturated heterocycles. The lowest BCUT2D eigenvalue weighted by atomic mass is 9.87. The van der Waals surface area contributed by atoms with Gasteiger partial charge in [0.1, 0.15) is 51.8 Å². The van der Waals surface area contributed by atoms with Crippen LogP contribution < -0.4 is 11.5 Å². The van der Waals surface area contributed by atoms with Gasteiger partial charge in [-0.1, -0.05) is 30.0 Å². The second kappa shape index (κ2) is 11.7. The van der Waals surface area contributed by atoms with Crippen molar-refractivity contribution in [2.75, 3.05) is 18.1 Å². The quantitative estimate of drug-likeness (QED) is 0.306. The third-order valence-electron chi connectivity index (χ3n) is 5.71. The summed E-state index contributed by atoms with van der Waals surface area (Å²) in [5, 5.41) is 31.5. The first kappa shape index (κ1) is 27.2. The monoisotopic (exact) mass is 558 g/mol. The summed E-state index contributed by atoms with van der Waals surface area (Å²) in [5.74, 6) is -2.14. The zero-order chi connectivity index (χ0) is 28.1. The summed E-state index contributed by atoms with van der Waals surface area (Å²) in [6.07, 6.45) is 0. The molecule has 0 fully saturated rings. The van der Waals surface area contributed by atoms with E-state index in [2.05, 4.69) is 11.1 Å². The number of thioether (sulfide) groups is 1. The molecular formula is C27H19FN6O3S2. The summed E-state index contributed by atoms with van der Waals surface area (Å²) in [7, 11) is 0. The molecule has 0 saturated carbocycles. The van der Waals surface area contributed by atoms with E-state index in [4.69, 9.17) is 20.9 Å². The minimum absolute atomic E-state index is 0.0218. The smallest absolute Gasteiger partial charge is 0.338 e. The number of pyridine rings is 1. The summed E-state index contributed by atoms with van der Waals surface area (Å²) in [4.78, 5) is 18.1. The molecule has 1 aromatic carbocycles. The van der Waals surface area contributed by atoms with Crippen molar-refractivity contribution in [1.82, 2.24) is 4.98 Å². The van der Waals surface area contributed by atoms with Crippen LogP contribution in [0.5, 0.6) is 0 Å². The highest BCUT2D eigenvalue weighted by Gasteiger charge is 2.38. The normalized spacial score (nSPS) is 14.7. The van der Waals surface area contributed by atoms with E-state index in [0.717, 1.165) is 11.8 Å². The predicted molar refractivity (Wildman–Crippen MR) is 143 cm³/mol. The van der Waals surface area contributed by atoms with Gasteiger partial charge in [-0.25, -0.2) is 14.2 Å². The van der Waals surface area contributed by atoms with Crippen LogP contribution >= 0.6 is 23.1 Å². The van der Waals surface area contributed by atoms with Crippen molar-refractivity contribution in [3.05, 3.63) is 86.4 Å². The lowest BCUT2D eigenvalue weighted by Crippen LogP contribution is -2.26. The van der Waals surface area contributed by atoms with Gasteiger partial charge < -0.3 is 20.9 Å². The van der Waals surface area contributed by atoms with Crippen LogP contribution in [-0.2, 0) is 14.3 Å². The van der Waals surface area contributed by atoms with Crippen LogP contribution in [0.3, 0.4) is 0 Å². The fourth-order valence-corrected chi connectivity index (χ4v) is 5.82. The van der Waals surface area contributed by atoms with Gasteiger partial charge >= 0.3 is 5.97 Å². The van der Waals surface area contributed by atoms with Gasteiger partial charge in [0, 0.05) is 10.4 Å². The Kier molecular flexibility index (Phi) is 8.16. The first-order chi connectivity index (χ1) is 18.8. The molecular weight excluding hydrogens is 539 g/mol. The minimum atomic E-state index is -0.803. The number of rotatable bonds is 7. The number of carbonyl (C=O) groups excluding carboxylic acids is 1. The maximum absolute atomic E-state index is 13.6. The molecule has 3 aromatic rings. The number of benzene rings is 1. The first-order valence-corrected chi connectivity index (χ1v) is 13.2. The van der Waals surface area contributed by atoms with E-state index in [9.17, 15) is 25.0 Å². The molecule has 0 aliphatic carbocycles. The highest BCUT2D eigenvalue weighted by atomic mass is 32.2. The molecule has 0 radical (unpaired) electrons. The summed E-state index contributed by atoms with van der Waals surface area (Å²) in [6, 6.07) is 14.9. The Balaban J connectivity index is 1.83. The van der Waals surface area contributed by atoms with E-state index < -0.39 is 17.7 Å². The van der Waals surface area contributed by atoms with Crippen molar-refractivity contribution in [1.29, 1.82) is 15.8 Å². The number of anilines is 1. The van der Waals surface area contributed by atoms with Gasteiger partial charge in [-0.2, -0.15) is 15.8 Å². The van der Waals surface area contributed by atoms with Gasteiger partial charge in [0.2, 0.25) is 5.88 Å². The number of ether oxygens (including phenoxy) is 2. The third kappa shape index (κ3) is 5.27.